The van der Waals surface area contributed by atoms with Crippen molar-refractivity contribution in [1.29, 1.82) is 0 Å². The molecule has 0 unspecified atom stereocenters. The second-order valence-corrected chi connectivity index (χ2v) is 7.09. The zero-order valence-electron chi connectivity index (χ0n) is 15.9. The van der Waals surface area contributed by atoms with E-state index >= 15 is 0 Å². The number of halogens is 1. The highest BCUT2D eigenvalue weighted by Crippen LogP contribution is 2.33. The maximum atomic E-state index is 12.4. The summed E-state index contributed by atoms with van der Waals surface area (Å²) in [5, 5.41) is 7.01. The maximum Gasteiger partial charge on any atom is 0.255 e. The molecular formula is C23H21ClN2O3. The van der Waals surface area contributed by atoms with Crippen molar-refractivity contribution < 1.29 is 14.3 Å². The highest BCUT2D eigenvalue weighted by atomic mass is 35.5. The molecule has 0 fully saturated rings. The summed E-state index contributed by atoms with van der Waals surface area (Å²) in [5.74, 6) is 1.16. The van der Waals surface area contributed by atoms with Crippen LogP contribution in [0.15, 0.2) is 66.7 Å². The van der Waals surface area contributed by atoms with E-state index in [2.05, 4.69) is 10.6 Å². The second-order valence-electron chi connectivity index (χ2n) is 6.65. The van der Waals surface area contributed by atoms with Crippen molar-refractivity contribution in [2.24, 2.45) is 0 Å². The molecule has 1 amide bonds. The van der Waals surface area contributed by atoms with Crippen LogP contribution in [0, 0.1) is 0 Å². The maximum absolute atomic E-state index is 12.4. The van der Waals surface area contributed by atoms with E-state index in [1.54, 1.807) is 6.07 Å². The second kappa shape index (κ2) is 8.45. The highest BCUT2D eigenvalue weighted by molar-refractivity contribution is 6.30. The molecular weight excluding hydrogens is 388 g/mol. The Bertz CT molecular complexity index is 1040. The SMILES string of the molecule is CCOc1cc([C@@H]2NC(=O)c3ccccc3N2)ccc1OCc1cccc(Cl)c1. The number of anilines is 1. The summed E-state index contributed by atoms with van der Waals surface area (Å²) in [5.41, 5.74) is 3.30. The minimum atomic E-state index is -0.349. The fourth-order valence-corrected chi connectivity index (χ4v) is 3.47. The highest BCUT2D eigenvalue weighted by Gasteiger charge is 2.25. The van der Waals surface area contributed by atoms with Crippen LogP contribution in [0.25, 0.3) is 0 Å². The lowest BCUT2D eigenvalue weighted by atomic mass is 10.1. The Morgan fingerprint density at radius 3 is 2.62 bits per heavy atom. The molecule has 148 valence electrons. The van der Waals surface area contributed by atoms with Crippen molar-refractivity contribution in [2.45, 2.75) is 19.7 Å². The number of para-hydroxylation sites is 1. The molecule has 0 saturated heterocycles. The van der Waals surface area contributed by atoms with Crippen LogP contribution in [0.4, 0.5) is 5.69 Å². The Morgan fingerprint density at radius 1 is 0.931 bits per heavy atom. The zero-order valence-corrected chi connectivity index (χ0v) is 16.7. The van der Waals surface area contributed by atoms with Crippen molar-refractivity contribution in [3.05, 3.63) is 88.4 Å². The average Bonchev–Trinajstić information content (AvgIpc) is 2.73. The smallest absolute Gasteiger partial charge is 0.255 e. The molecule has 0 bridgehead atoms. The summed E-state index contributed by atoms with van der Waals surface area (Å²) >= 11 is 6.04. The summed E-state index contributed by atoms with van der Waals surface area (Å²) in [7, 11) is 0. The third-order valence-electron chi connectivity index (χ3n) is 4.63. The van der Waals surface area contributed by atoms with Gasteiger partial charge in [0.05, 0.1) is 12.2 Å². The standard InChI is InChI=1S/C23H21ClN2O3/c1-2-28-21-13-16(22-25-19-9-4-3-8-18(19)23(27)26-22)10-11-20(21)29-14-15-6-5-7-17(24)12-15/h3-13,22,25H,2,14H2,1H3,(H,26,27)/t22-/m0/s1. The molecule has 5 nitrogen and oxygen atoms in total. The van der Waals surface area contributed by atoms with Gasteiger partial charge in [-0.05, 0) is 54.4 Å². The molecule has 29 heavy (non-hydrogen) atoms. The van der Waals surface area contributed by atoms with Crippen molar-refractivity contribution >= 4 is 23.2 Å². The first-order valence-corrected chi connectivity index (χ1v) is 9.82. The van der Waals surface area contributed by atoms with Crippen LogP contribution in [0.2, 0.25) is 5.02 Å². The van der Waals surface area contributed by atoms with E-state index in [-0.39, 0.29) is 12.1 Å². The Kier molecular flexibility index (Phi) is 5.58. The Labute approximate surface area is 174 Å². The van der Waals surface area contributed by atoms with Gasteiger partial charge in [0, 0.05) is 10.7 Å². The zero-order chi connectivity index (χ0) is 20.2. The third kappa shape index (κ3) is 4.30. The fraction of sp³-hybridized carbons (Fsp3) is 0.174. The van der Waals surface area contributed by atoms with Crippen molar-refractivity contribution in [3.8, 4) is 11.5 Å². The van der Waals surface area contributed by atoms with E-state index < -0.39 is 0 Å². The van der Waals surface area contributed by atoms with Crippen LogP contribution in [-0.2, 0) is 6.61 Å². The van der Waals surface area contributed by atoms with Crippen molar-refractivity contribution in [2.75, 3.05) is 11.9 Å². The van der Waals surface area contributed by atoms with Crippen LogP contribution < -0.4 is 20.1 Å². The topological polar surface area (TPSA) is 59.6 Å². The lowest BCUT2D eigenvalue weighted by Crippen LogP contribution is -2.38. The molecule has 1 heterocycles. The molecule has 0 aromatic heterocycles. The lowest BCUT2D eigenvalue weighted by molar-refractivity contribution is 0.0935. The van der Waals surface area contributed by atoms with Gasteiger partial charge >= 0.3 is 0 Å². The number of fused-ring (bicyclic) bond motifs is 1. The minimum absolute atomic E-state index is 0.108. The minimum Gasteiger partial charge on any atom is -0.490 e. The van der Waals surface area contributed by atoms with Crippen LogP contribution >= 0.6 is 11.6 Å². The fourth-order valence-electron chi connectivity index (χ4n) is 3.25. The molecule has 0 radical (unpaired) electrons. The molecule has 4 rings (SSSR count). The van der Waals surface area contributed by atoms with Crippen LogP contribution in [-0.4, -0.2) is 12.5 Å². The number of hydrogen-bond donors (Lipinski definition) is 2. The van der Waals surface area contributed by atoms with E-state index in [4.69, 9.17) is 21.1 Å². The number of benzene rings is 3. The number of rotatable bonds is 6. The molecule has 2 N–H and O–H groups in total. The third-order valence-corrected chi connectivity index (χ3v) is 4.87. The van der Waals surface area contributed by atoms with Gasteiger partial charge in [-0.1, -0.05) is 41.9 Å². The van der Waals surface area contributed by atoms with Crippen molar-refractivity contribution in [3.63, 3.8) is 0 Å². The Hall–Kier alpha value is -3.18. The molecule has 1 atom stereocenters. The monoisotopic (exact) mass is 408 g/mol. The van der Waals surface area contributed by atoms with E-state index in [0.717, 1.165) is 16.8 Å². The summed E-state index contributed by atoms with van der Waals surface area (Å²) in [6, 6.07) is 20.7. The lowest BCUT2D eigenvalue weighted by Gasteiger charge is -2.28. The van der Waals surface area contributed by atoms with Gasteiger partial charge in [-0.2, -0.15) is 0 Å². The first-order chi connectivity index (χ1) is 14.1. The number of nitrogens with one attached hydrogen (secondary N) is 2. The molecule has 6 heteroatoms. The predicted molar refractivity (Wildman–Crippen MR) is 114 cm³/mol. The number of hydrogen-bond acceptors (Lipinski definition) is 4. The van der Waals surface area contributed by atoms with Gasteiger partial charge in [0.15, 0.2) is 11.5 Å². The summed E-state index contributed by atoms with van der Waals surface area (Å²) < 4.78 is 11.7. The molecule has 1 aliphatic heterocycles. The van der Waals surface area contributed by atoms with Crippen molar-refractivity contribution in [1.82, 2.24) is 5.32 Å². The van der Waals surface area contributed by atoms with Gasteiger partial charge in [-0.15, -0.1) is 0 Å². The van der Waals surface area contributed by atoms with Gasteiger partial charge < -0.3 is 20.1 Å². The Morgan fingerprint density at radius 2 is 1.79 bits per heavy atom. The quantitative estimate of drug-likeness (QED) is 0.590. The first-order valence-electron chi connectivity index (χ1n) is 9.44. The molecule has 0 saturated carbocycles. The molecule has 1 aliphatic rings. The van der Waals surface area contributed by atoms with Gasteiger partial charge in [0.2, 0.25) is 0 Å². The number of carbonyl (C=O) groups excluding carboxylic acids is 1. The predicted octanol–water partition coefficient (Wildman–Crippen LogP) is 5.17. The van der Waals surface area contributed by atoms with Gasteiger partial charge in [-0.25, -0.2) is 0 Å². The molecule has 3 aromatic rings. The summed E-state index contributed by atoms with van der Waals surface area (Å²) in [6.07, 6.45) is -0.349. The summed E-state index contributed by atoms with van der Waals surface area (Å²) in [6.45, 7) is 2.81. The van der Waals surface area contributed by atoms with Gasteiger partial charge in [0.1, 0.15) is 12.8 Å². The van der Waals surface area contributed by atoms with Gasteiger partial charge in [0.25, 0.3) is 5.91 Å². The van der Waals surface area contributed by atoms with E-state index in [0.29, 0.717) is 35.3 Å². The Balaban J connectivity index is 1.55. The number of ether oxygens (including phenoxy) is 2. The van der Waals surface area contributed by atoms with Crippen LogP contribution in [0.1, 0.15) is 34.6 Å². The average molecular weight is 409 g/mol. The normalized spacial score (nSPS) is 15.1. The summed E-state index contributed by atoms with van der Waals surface area (Å²) in [4.78, 5) is 12.4. The van der Waals surface area contributed by atoms with E-state index in [1.807, 2.05) is 67.6 Å². The van der Waals surface area contributed by atoms with Crippen LogP contribution in [0.5, 0.6) is 11.5 Å². The first kappa shape index (κ1) is 19.2. The molecule has 0 spiro atoms. The van der Waals surface area contributed by atoms with E-state index in [1.165, 1.54) is 0 Å². The van der Waals surface area contributed by atoms with E-state index in [9.17, 15) is 4.79 Å². The van der Waals surface area contributed by atoms with Crippen LogP contribution in [0.3, 0.4) is 0 Å². The molecule has 0 aliphatic carbocycles. The van der Waals surface area contributed by atoms with Gasteiger partial charge in [-0.3, -0.25) is 4.79 Å². The molecule has 3 aromatic carbocycles. The number of amides is 1. The number of carbonyl (C=O) groups is 1. The largest absolute Gasteiger partial charge is 0.490 e.